The molecule has 0 unspecified atom stereocenters. The molecule has 0 radical (unpaired) electrons. The Bertz CT molecular complexity index is 1140. The lowest BCUT2D eigenvalue weighted by molar-refractivity contribution is 0.316. The third-order valence-electron chi connectivity index (χ3n) is 4.73. The molecule has 11 heteroatoms. The summed E-state index contributed by atoms with van der Waals surface area (Å²) in [6, 6.07) is 9.57. The number of nitrogens with zero attached hydrogens (tertiary/aromatic N) is 6. The highest BCUT2D eigenvalue weighted by molar-refractivity contribution is 7.98. The number of aromatic nitrogens is 2. The Morgan fingerprint density at radius 1 is 1.26 bits per heavy atom. The SMILES string of the molecule is COc1ccc2cnnc(OCCN=C(N)N(C#N)CCSCc3ccc(CN(C)C)o3)c2c1. The number of methoxy groups -OCH3 is 1. The van der Waals surface area contributed by atoms with Gasteiger partial charge in [-0.15, -0.1) is 5.10 Å². The number of benzene rings is 1. The number of aliphatic imine (C=N–C) groups is 1. The summed E-state index contributed by atoms with van der Waals surface area (Å²) >= 11 is 1.67. The summed E-state index contributed by atoms with van der Waals surface area (Å²) in [5.41, 5.74) is 6.00. The fraction of sp³-hybridized carbons (Fsp3) is 0.391. The van der Waals surface area contributed by atoms with Crippen LogP contribution in [-0.2, 0) is 12.3 Å². The van der Waals surface area contributed by atoms with E-state index >= 15 is 0 Å². The zero-order valence-electron chi connectivity index (χ0n) is 19.6. The lowest BCUT2D eigenvalue weighted by atomic mass is 10.2. The van der Waals surface area contributed by atoms with Gasteiger partial charge >= 0.3 is 0 Å². The summed E-state index contributed by atoms with van der Waals surface area (Å²) in [6.07, 6.45) is 3.74. The maximum Gasteiger partial charge on any atom is 0.241 e. The van der Waals surface area contributed by atoms with Gasteiger partial charge in [-0.1, -0.05) is 0 Å². The minimum atomic E-state index is 0.156. The molecule has 0 bridgehead atoms. The van der Waals surface area contributed by atoms with Gasteiger partial charge in [0.2, 0.25) is 11.8 Å². The molecule has 0 aliphatic carbocycles. The van der Waals surface area contributed by atoms with Crippen LogP contribution in [0.15, 0.2) is 45.9 Å². The van der Waals surface area contributed by atoms with Crippen LogP contribution in [-0.4, -0.2) is 72.6 Å². The molecule has 0 fully saturated rings. The Kier molecular flexibility index (Phi) is 9.37. The van der Waals surface area contributed by atoms with Crippen molar-refractivity contribution in [2.24, 2.45) is 10.7 Å². The number of thioether (sulfide) groups is 1. The smallest absolute Gasteiger partial charge is 0.241 e. The highest BCUT2D eigenvalue weighted by atomic mass is 32.2. The van der Waals surface area contributed by atoms with Crippen LogP contribution in [0.5, 0.6) is 11.6 Å². The lowest BCUT2D eigenvalue weighted by Gasteiger charge is -2.14. The van der Waals surface area contributed by atoms with Gasteiger partial charge in [-0.05, 0) is 44.4 Å². The van der Waals surface area contributed by atoms with Gasteiger partial charge in [-0.2, -0.15) is 22.1 Å². The first-order valence-electron chi connectivity index (χ1n) is 10.7. The number of nitriles is 1. The molecule has 0 amide bonds. The Labute approximate surface area is 203 Å². The molecule has 0 saturated heterocycles. The molecule has 34 heavy (non-hydrogen) atoms. The third-order valence-corrected chi connectivity index (χ3v) is 5.69. The standard InChI is InChI=1S/C23H29N7O3S/c1-29(2)14-19-6-7-20(33-19)15-34-11-9-30(16-24)23(25)26-8-10-32-22-21-12-18(31-3)5-4-17(21)13-27-28-22/h4-7,12-13H,8-11,14-15H2,1-3H3,(H2,25,26). The van der Waals surface area contributed by atoms with Crippen molar-refractivity contribution in [3.8, 4) is 17.8 Å². The molecular formula is C23H29N7O3S. The Hall–Kier alpha value is -3.49. The Morgan fingerprint density at radius 2 is 2.09 bits per heavy atom. The average Bonchev–Trinajstić information content (AvgIpc) is 3.27. The van der Waals surface area contributed by atoms with E-state index in [9.17, 15) is 5.26 Å². The lowest BCUT2D eigenvalue weighted by Crippen LogP contribution is -2.35. The minimum Gasteiger partial charge on any atom is -0.497 e. The fourth-order valence-corrected chi connectivity index (χ4v) is 3.91. The van der Waals surface area contributed by atoms with E-state index in [-0.39, 0.29) is 19.1 Å². The quantitative estimate of drug-likeness (QED) is 0.135. The predicted octanol–water partition coefficient (Wildman–Crippen LogP) is 2.70. The summed E-state index contributed by atoms with van der Waals surface area (Å²) in [4.78, 5) is 7.69. The number of hydrogen-bond donors (Lipinski definition) is 1. The molecule has 0 atom stereocenters. The van der Waals surface area contributed by atoms with Crippen molar-refractivity contribution in [3.05, 3.63) is 48.0 Å². The summed E-state index contributed by atoms with van der Waals surface area (Å²) in [5.74, 6) is 4.54. The summed E-state index contributed by atoms with van der Waals surface area (Å²) in [5, 5.41) is 19.1. The zero-order chi connectivity index (χ0) is 24.3. The largest absolute Gasteiger partial charge is 0.497 e. The van der Waals surface area contributed by atoms with E-state index < -0.39 is 0 Å². The molecule has 0 saturated carbocycles. The second-order valence-corrected chi connectivity index (χ2v) is 8.71. The van der Waals surface area contributed by atoms with Gasteiger partial charge in [0.25, 0.3) is 0 Å². The van der Waals surface area contributed by atoms with Crippen LogP contribution in [0.1, 0.15) is 11.5 Å². The highest BCUT2D eigenvalue weighted by Gasteiger charge is 2.09. The minimum absolute atomic E-state index is 0.156. The van der Waals surface area contributed by atoms with Gasteiger partial charge in [-0.25, -0.2) is 9.89 Å². The number of hydrogen-bond acceptors (Lipinski definition) is 9. The van der Waals surface area contributed by atoms with Crippen molar-refractivity contribution in [1.29, 1.82) is 5.26 Å². The van der Waals surface area contributed by atoms with Crippen molar-refractivity contribution >= 4 is 28.5 Å². The molecular weight excluding hydrogens is 454 g/mol. The van der Waals surface area contributed by atoms with E-state index in [0.29, 0.717) is 23.9 Å². The van der Waals surface area contributed by atoms with Crippen molar-refractivity contribution < 1.29 is 13.9 Å². The van der Waals surface area contributed by atoms with Crippen LogP contribution in [0.25, 0.3) is 10.8 Å². The van der Waals surface area contributed by atoms with E-state index in [2.05, 4.69) is 26.3 Å². The highest BCUT2D eigenvalue weighted by Crippen LogP contribution is 2.26. The Morgan fingerprint density at radius 3 is 2.85 bits per heavy atom. The molecule has 2 N–H and O–H groups in total. The van der Waals surface area contributed by atoms with Crippen LogP contribution in [0.3, 0.4) is 0 Å². The van der Waals surface area contributed by atoms with Crippen molar-refractivity contribution in [2.75, 3.05) is 46.7 Å². The number of fused-ring (bicyclic) bond motifs is 1. The van der Waals surface area contributed by atoms with E-state index in [4.69, 9.17) is 19.6 Å². The molecule has 2 heterocycles. The van der Waals surface area contributed by atoms with Crippen LogP contribution in [0.4, 0.5) is 0 Å². The van der Waals surface area contributed by atoms with Gasteiger partial charge in [0.15, 0.2) is 6.19 Å². The number of guanidine groups is 1. The number of ether oxygens (including phenoxy) is 2. The normalized spacial score (nSPS) is 11.6. The molecule has 3 aromatic rings. The van der Waals surface area contributed by atoms with Gasteiger partial charge in [-0.3, -0.25) is 0 Å². The van der Waals surface area contributed by atoms with E-state index in [1.54, 1.807) is 25.1 Å². The van der Waals surface area contributed by atoms with E-state index in [1.807, 2.05) is 44.4 Å². The second-order valence-electron chi connectivity index (χ2n) is 7.60. The first kappa shape index (κ1) is 25.1. The van der Waals surface area contributed by atoms with Crippen LogP contribution in [0.2, 0.25) is 0 Å². The molecule has 0 aliphatic rings. The molecule has 1 aromatic carbocycles. The van der Waals surface area contributed by atoms with Gasteiger partial charge in [0, 0.05) is 17.7 Å². The molecule has 0 aliphatic heterocycles. The number of furan rings is 1. The predicted molar refractivity (Wildman–Crippen MR) is 133 cm³/mol. The van der Waals surface area contributed by atoms with Crippen LogP contribution < -0.4 is 15.2 Å². The monoisotopic (exact) mass is 483 g/mol. The van der Waals surface area contributed by atoms with Gasteiger partial charge in [0.05, 0.1) is 37.5 Å². The molecule has 180 valence electrons. The average molecular weight is 484 g/mol. The van der Waals surface area contributed by atoms with Gasteiger partial charge in [0.1, 0.15) is 23.9 Å². The van der Waals surface area contributed by atoms with E-state index in [0.717, 1.165) is 34.6 Å². The summed E-state index contributed by atoms with van der Waals surface area (Å²) in [6.45, 7) is 1.75. The molecule has 3 rings (SSSR count). The fourth-order valence-electron chi connectivity index (χ4n) is 3.09. The van der Waals surface area contributed by atoms with Crippen molar-refractivity contribution in [2.45, 2.75) is 12.3 Å². The maximum absolute atomic E-state index is 9.42. The second kappa shape index (κ2) is 12.7. The summed E-state index contributed by atoms with van der Waals surface area (Å²) < 4.78 is 16.8. The first-order valence-corrected chi connectivity index (χ1v) is 11.8. The van der Waals surface area contributed by atoms with Crippen LogP contribution >= 0.6 is 11.8 Å². The molecule has 10 nitrogen and oxygen atoms in total. The Balaban J connectivity index is 1.43. The van der Waals surface area contributed by atoms with Gasteiger partial charge < -0.3 is 24.5 Å². The topological polar surface area (TPSA) is 126 Å². The van der Waals surface area contributed by atoms with Crippen LogP contribution in [0, 0.1) is 11.5 Å². The molecule has 0 spiro atoms. The van der Waals surface area contributed by atoms with Crippen molar-refractivity contribution in [3.63, 3.8) is 0 Å². The van der Waals surface area contributed by atoms with E-state index in [1.165, 1.54) is 4.90 Å². The number of rotatable bonds is 12. The zero-order valence-corrected chi connectivity index (χ0v) is 20.4. The van der Waals surface area contributed by atoms with Crippen molar-refractivity contribution in [1.82, 2.24) is 20.0 Å². The molecule has 2 aromatic heterocycles. The first-order chi connectivity index (χ1) is 16.5. The summed E-state index contributed by atoms with van der Waals surface area (Å²) in [7, 11) is 5.60. The third kappa shape index (κ3) is 7.26. The maximum atomic E-state index is 9.42. The number of nitrogens with two attached hydrogens (primary N) is 1.